The predicted molar refractivity (Wildman–Crippen MR) is 96.7 cm³/mol. The van der Waals surface area contributed by atoms with E-state index in [-0.39, 0.29) is 17.1 Å². The summed E-state index contributed by atoms with van der Waals surface area (Å²) in [7, 11) is 0. The van der Waals surface area contributed by atoms with E-state index in [1.165, 1.54) is 17.7 Å². The van der Waals surface area contributed by atoms with Gasteiger partial charge in [0.25, 0.3) is 5.91 Å². The fourth-order valence-electron chi connectivity index (χ4n) is 3.56. The van der Waals surface area contributed by atoms with Gasteiger partial charge in [0.05, 0.1) is 6.04 Å². The van der Waals surface area contributed by atoms with Crippen molar-refractivity contribution in [2.24, 2.45) is 5.92 Å². The van der Waals surface area contributed by atoms with Crippen molar-refractivity contribution in [2.45, 2.75) is 31.7 Å². The molecule has 1 N–H and O–H groups in total. The van der Waals surface area contributed by atoms with Crippen molar-refractivity contribution in [3.63, 3.8) is 0 Å². The average molecular weight is 360 g/mol. The van der Waals surface area contributed by atoms with Crippen LogP contribution < -0.4 is 5.32 Å². The molecule has 1 amide bonds. The van der Waals surface area contributed by atoms with Gasteiger partial charge in [-0.05, 0) is 42.3 Å². The molecule has 1 fully saturated rings. The van der Waals surface area contributed by atoms with Crippen LogP contribution in [0.25, 0.3) is 5.65 Å². The number of carbonyl (C=O) groups is 1. The highest BCUT2D eigenvalue weighted by molar-refractivity contribution is 7.10. The number of hydrogen-bond donors (Lipinski definition) is 1. The van der Waals surface area contributed by atoms with Crippen LogP contribution in [0.15, 0.2) is 41.9 Å². The van der Waals surface area contributed by atoms with E-state index in [0.29, 0.717) is 17.3 Å². The Labute approximate surface area is 149 Å². The van der Waals surface area contributed by atoms with Gasteiger partial charge in [0, 0.05) is 11.1 Å². The Bertz CT molecular complexity index is 852. The molecule has 3 heterocycles. The maximum Gasteiger partial charge on any atom is 0.272 e. The Kier molecular flexibility index (Phi) is 4.29. The van der Waals surface area contributed by atoms with E-state index in [4.69, 9.17) is 11.6 Å². The number of carbonyl (C=O) groups excluding carboxylic acids is 1. The highest BCUT2D eigenvalue weighted by Gasteiger charge is 2.30. The SMILES string of the molecule is O=C(N[C@@H](c1cccs1)C1CCCC1)c1c(Cl)nc2ccccn12. The number of thiophene rings is 1. The van der Waals surface area contributed by atoms with Gasteiger partial charge in [-0.25, -0.2) is 4.98 Å². The Hall–Kier alpha value is -1.85. The van der Waals surface area contributed by atoms with Crippen LogP contribution in [-0.2, 0) is 0 Å². The smallest absolute Gasteiger partial charge is 0.272 e. The van der Waals surface area contributed by atoms with Crippen molar-refractivity contribution in [2.75, 3.05) is 0 Å². The largest absolute Gasteiger partial charge is 0.343 e. The molecule has 1 aliphatic rings. The first-order chi connectivity index (χ1) is 11.7. The molecular formula is C18H18ClN3OS. The van der Waals surface area contributed by atoms with Crippen molar-refractivity contribution in [1.29, 1.82) is 0 Å². The maximum atomic E-state index is 13.0. The van der Waals surface area contributed by atoms with E-state index >= 15 is 0 Å². The maximum absolute atomic E-state index is 13.0. The van der Waals surface area contributed by atoms with E-state index in [1.807, 2.05) is 30.5 Å². The number of aromatic nitrogens is 2. The third-order valence-electron chi connectivity index (χ3n) is 4.71. The van der Waals surface area contributed by atoms with Gasteiger partial charge in [-0.15, -0.1) is 11.3 Å². The summed E-state index contributed by atoms with van der Waals surface area (Å²) in [5.41, 5.74) is 1.09. The van der Waals surface area contributed by atoms with Crippen LogP contribution in [0.2, 0.25) is 5.15 Å². The van der Waals surface area contributed by atoms with Crippen LogP contribution in [-0.4, -0.2) is 15.3 Å². The summed E-state index contributed by atoms with van der Waals surface area (Å²) in [4.78, 5) is 18.4. The van der Waals surface area contributed by atoms with Crippen molar-refractivity contribution in [3.8, 4) is 0 Å². The zero-order valence-corrected chi connectivity index (χ0v) is 14.7. The molecule has 4 nitrogen and oxygen atoms in total. The van der Waals surface area contributed by atoms with Crippen molar-refractivity contribution >= 4 is 34.5 Å². The topological polar surface area (TPSA) is 46.4 Å². The first-order valence-electron chi connectivity index (χ1n) is 8.21. The lowest BCUT2D eigenvalue weighted by Gasteiger charge is -2.23. The van der Waals surface area contributed by atoms with E-state index in [0.717, 1.165) is 12.8 Å². The molecule has 124 valence electrons. The first-order valence-corrected chi connectivity index (χ1v) is 9.46. The Balaban J connectivity index is 1.66. The standard InChI is InChI=1S/C18H18ClN3OS/c19-17-16(22-10-4-3-9-14(22)20-17)18(23)21-15(12-6-1-2-7-12)13-8-5-11-24-13/h3-5,8-12,15H,1-2,6-7H2,(H,21,23)/t15-/m1/s1. The molecule has 1 saturated carbocycles. The average Bonchev–Trinajstić information content (AvgIpc) is 3.32. The van der Waals surface area contributed by atoms with E-state index in [1.54, 1.807) is 15.7 Å². The van der Waals surface area contributed by atoms with Crippen molar-refractivity contribution in [1.82, 2.24) is 14.7 Å². The van der Waals surface area contributed by atoms with Gasteiger partial charge in [-0.3, -0.25) is 9.20 Å². The van der Waals surface area contributed by atoms with Crippen LogP contribution in [0.1, 0.15) is 47.1 Å². The second kappa shape index (κ2) is 6.57. The normalized spacial score (nSPS) is 16.5. The number of amides is 1. The zero-order chi connectivity index (χ0) is 16.5. The summed E-state index contributed by atoms with van der Waals surface area (Å²) in [6, 6.07) is 9.78. The molecular weight excluding hydrogens is 342 g/mol. The number of hydrogen-bond acceptors (Lipinski definition) is 3. The fraction of sp³-hybridized carbons (Fsp3) is 0.333. The molecule has 3 aromatic rings. The summed E-state index contributed by atoms with van der Waals surface area (Å²) in [5, 5.41) is 5.53. The minimum absolute atomic E-state index is 0.0466. The number of imidazole rings is 1. The molecule has 0 bridgehead atoms. The van der Waals surface area contributed by atoms with Gasteiger partial charge in [0.15, 0.2) is 10.8 Å². The third-order valence-corrected chi connectivity index (χ3v) is 5.93. The molecule has 0 radical (unpaired) electrons. The summed E-state index contributed by atoms with van der Waals surface area (Å²) in [6.45, 7) is 0. The molecule has 6 heteroatoms. The van der Waals surface area contributed by atoms with Crippen molar-refractivity contribution in [3.05, 3.63) is 57.6 Å². The molecule has 0 aliphatic heterocycles. The number of nitrogens with one attached hydrogen (secondary N) is 1. The van der Waals surface area contributed by atoms with Crippen molar-refractivity contribution < 1.29 is 4.79 Å². The number of pyridine rings is 1. The molecule has 0 aromatic carbocycles. The Morgan fingerprint density at radius 3 is 2.88 bits per heavy atom. The minimum atomic E-state index is -0.163. The quantitative estimate of drug-likeness (QED) is 0.733. The Morgan fingerprint density at radius 1 is 1.29 bits per heavy atom. The van der Waals surface area contributed by atoms with Crippen LogP contribution in [0.4, 0.5) is 0 Å². The molecule has 0 spiro atoms. The summed E-state index contributed by atoms with van der Waals surface area (Å²) in [6.07, 6.45) is 6.60. The van der Waals surface area contributed by atoms with Crippen LogP contribution in [0.3, 0.4) is 0 Å². The second-order valence-electron chi connectivity index (χ2n) is 6.19. The molecule has 0 saturated heterocycles. The monoisotopic (exact) mass is 359 g/mol. The number of fused-ring (bicyclic) bond motifs is 1. The van der Waals surface area contributed by atoms with Gasteiger partial charge in [-0.1, -0.05) is 36.6 Å². The summed E-state index contributed by atoms with van der Waals surface area (Å²) >= 11 is 7.94. The van der Waals surface area contributed by atoms with Gasteiger partial charge in [-0.2, -0.15) is 0 Å². The molecule has 1 atom stereocenters. The van der Waals surface area contributed by atoms with Gasteiger partial charge >= 0.3 is 0 Å². The Morgan fingerprint density at radius 2 is 2.12 bits per heavy atom. The molecule has 24 heavy (non-hydrogen) atoms. The molecule has 3 aromatic heterocycles. The zero-order valence-electron chi connectivity index (χ0n) is 13.1. The van der Waals surface area contributed by atoms with Crippen LogP contribution >= 0.6 is 22.9 Å². The third kappa shape index (κ3) is 2.82. The van der Waals surface area contributed by atoms with E-state index in [9.17, 15) is 4.79 Å². The molecule has 1 aliphatic carbocycles. The molecule has 4 rings (SSSR count). The van der Waals surface area contributed by atoms with Gasteiger partial charge < -0.3 is 5.32 Å². The second-order valence-corrected chi connectivity index (χ2v) is 7.53. The predicted octanol–water partition coefficient (Wildman–Crippen LogP) is 4.71. The number of rotatable bonds is 4. The summed E-state index contributed by atoms with van der Waals surface area (Å²) in [5.74, 6) is 0.328. The van der Waals surface area contributed by atoms with Gasteiger partial charge in [0.1, 0.15) is 5.65 Å². The van der Waals surface area contributed by atoms with Gasteiger partial charge in [0.2, 0.25) is 0 Å². The lowest BCUT2D eigenvalue weighted by Crippen LogP contribution is -2.33. The highest BCUT2D eigenvalue weighted by Crippen LogP contribution is 2.37. The van der Waals surface area contributed by atoms with E-state index < -0.39 is 0 Å². The number of halogens is 1. The lowest BCUT2D eigenvalue weighted by molar-refractivity contribution is 0.0917. The lowest BCUT2D eigenvalue weighted by atomic mass is 9.96. The molecule has 0 unspecified atom stereocenters. The first kappa shape index (κ1) is 15.7. The highest BCUT2D eigenvalue weighted by atomic mass is 35.5. The number of nitrogens with zero attached hydrogens (tertiary/aromatic N) is 2. The fourth-order valence-corrected chi connectivity index (χ4v) is 4.69. The summed E-state index contributed by atoms with van der Waals surface area (Å²) < 4.78 is 1.75. The van der Waals surface area contributed by atoms with Crippen LogP contribution in [0, 0.1) is 5.92 Å². The minimum Gasteiger partial charge on any atom is -0.343 e. The van der Waals surface area contributed by atoms with E-state index in [2.05, 4.69) is 21.7 Å². The van der Waals surface area contributed by atoms with Crippen LogP contribution in [0.5, 0.6) is 0 Å².